The highest BCUT2D eigenvalue weighted by Crippen LogP contribution is 2.28. The van der Waals surface area contributed by atoms with Crippen molar-refractivity contribution in [3.05, 3.63) is 72.3 Å². The zero-order valence-corrected chi connectivity index (χ0v) is 22.5. The molecule has 0 spiro atoms. The van der Waals surface area contributed by atoms with Crippen molar-refractivity contribution in [3.8, 4) is 5.75 Å². The van der Waals surface area contributed by atoms with Crippen molar-refractivity contribution in [2.75, 3.05) is 29.7 Å². The van der Waals surface area contributed by atoms with Gasteiger partial charge in [-0.25, -0.2) is 8.42 Å². The maximum Gasteiger partial charge on any atom is 0.573 e. The summed E-state index contributed by atoms with van der Waals surface area (Å²) < 4.78 is 70.4. The molecular weight excluding hydrogens is 501 g/mol. The van der Waals surface area contributed by atoms with Gasteiger partial charge in [0.15, 0.2) is 0 Å². The molecule has 0 bridgehead atoms. The summed E-state index contributed by atoms with van der Waals surface area (Å²) in [5, 5.41) is 1.88. The Labute approximate surface area is 217 Å². The molecular formula is C28H35F3N2O3S. The summed E-state index contributed by atoms with van der Waals surface area (Å²) in [6.07, 6.45) is -4.79. The monoisotopic (exact) mass is 536 g/mol. The Morgan fingerprint density at radius 3 is 2.00 bits per heavy atom. The molecule has 3 rings (SSSR count). The SMILES string of the molecule is CC(C)CN(CCS(=O)(=O)N(Cc1ccc(OC(F)(F)F)cc1)c1ccc2ccccc2c1)CC(C)C. The lowest BCUT2D eigenvalue weighted by Crippen LogP contribution is -2.40. The highest BCUT2D eigenvalue weighted by atomic mass is 32.2. The van der Waals surface area contributed by atoms with Crippen LogP contribution in [0.2, 0.25) is 0 Å². The van der Waals surface area contributed by atoms with Crippen LogP contribution in [0.3, 0.4) is 0 Å². The molecule has 0 aliphatic carbocycles. The van der Waals surface area contributed by atoms with E-state index < -0.39 is 16.4 Å². The van der Waals surface area contributed by atoms with Crippen molar-refractivity contribution < 1.29 is 26.3 Å². The molecule has 0 saturated carbocycles. The predicted octanol–water partition coefficient (Wildman–Crippen LogP) is 6.69. The molecule has 3 aromatic rings. The first-order chi connectivity index (χ1) is 17.3. The Bertz CT molecular complexity index is 1250. The average Bonchev–Trinajstić information content (AvgIpc) is 2.80. The second kappa shape index (κ2) is 12.2. The van der Waals surface area contributed by atoms with E-state index in [9.17, 15) is 21.6 Å². The summed E-state index contributed by atoms with van der Waals surface area (Å²) in [6.45, 7) is 10.4. The number of rotatable bonds is 12. The number of anilines is 1. The average molecular weight is 537 g/mol. The number of benzene rings is 3. The molecule has 0 fully saturated rings. The van der Waals surface area contributed by atoms with E-state index in [2.05, 4.69) is 37.3 Å². The van der Waals surface area contributed by atoms with E-state index in [-0.39, 0.29) is 18.0 Å². The van der Waals surface area contributed by atoms with E-state index >= 15 is 0 Å². The summed E-state index contributed by atoms with van der Waals surface area (Å²) in [5.74, 6) is 0.370. The lowest BCUT2D eigenvalue weighted by Gasteiger charge is -2.29. The summed E-state index contributed by atoms with van der Waals surface area (Å²) >= 11 is 0. The Hall–Kier alpha value is -2.78. The van der Waals surface area contributed by atoms with Crippen LogP contribution in [0, 0.1) is 11.8 Å². The van der Waals surface area contributed by atoms with Crippen LogP contribution < -0.4 is 9.04 Å². The molecule has 0 radical (unpaired) electrons. The number of alkyl halides is 3. The maximum atomic E-state index is 13.7. The van der Waals surface area contributed by atoms with Crippen LogP contribution >= 0.6 is 0 Å². The van der Waals surface area contributed by atoms with Crippen LogP contribution in [0.15, 0.2) is 66.7 Å². The van der Waals surface area contributed by atoms with Gasteiger partial charge in [-0.1, -0.05) is 70.2 Å². The van der Waals surface area contributed by atoms with Crippen LogP contribution in [0.4, 0.5) is 18.9 Å². The Morgan fingerprint density at radius 2 is 1.43 bits per heavy atom. The van der Waals surface area contributed by atoms with Gasteiger partial charge in [-0.05, 0) is 52.4 Å². The predicted molar refractivity (Wildman–Crippen MR) is 143 cm³/mol. The molecule has 0 aliphatic rings. The summed E-state index contributed by atoms with van der Waals surface area (Å²) in [5.41, 5.74) is 1.06. The van der Waals surface area contributed by atoms with Crippen LogP contribution in [0.1, 0.15) is 33.3 Å². The minimum atomic E-state index is -4.79. The fraction of sp³-hybridized carbons (Fsp3) is 0.429. The number of hydrogen-bond acceptors (Lipinski definition) is 4. The van der Waals surface area contributed by atoms with Crippen molar-refractivity contribution in [1.29, 1.82) is 0 Å². The fourth-order valence-corrected chi connectivity index (χ4v) is 5.78. The quantitative estimate of drug-likeness (QED) is 0.259. The standard InChI is InChI=1S/C28H35F3N2O3S/c1-21(2)18-32(19-22(3)4)15-16-37(34,35)33(26-12-11-24-7-5-6-8-25(24)17-26)20-23-9-13-27(14-10-23)36-28(29,30)31/h5-14,17,21-22H,15-16,18-20H2,1-4H3. The van der Waals surface area contributed by atoms with E-state index in [4.69, 9.17) is 0 Å². The zero-order chi connectivity index (χ0) is 27.2. The largest absolute Gasteiger partial charge is 0.573 e. The second-order valence-corrected chi connectivity index (χ2v) is 12.1. The first kappa shape index (κ1) is 28.8. The van der Waals surface area contributed by atoms with Gasteiger partial charge in [-0.15, -0.1) is 13.2 Å². The number of nitrogens with zero attached hydrogens (tertiary/aromatic N) is 2. The van der Waals surface area contributed by atoms with Crippen molar-refractivity contribution in [1.82, 2.24) is 4.90 Å². The molecule has 5 nitrogen and oxygen atoms in total. The van der Waals surface area contributed by atoms with Crippen molar-refractivity contribution in [3.63, 3.8) is 0 Å². The van der Waals surface area contributed by atoms with Gasteiger partial charge in [0.05, 0.1) is 18.0 Å². The lowest BCUT2D eigenvalue weighted by molar-refractivity contribution is -0.274. The third-order valence-corrected chi connectivity index (χ3v) is 7.46. The van der Waals surface area contributed by atoms with Crippen LogP contribution in [0.5, 0.6) is 5.75 Å². The highest BCUT2D eigenvalue weighted by Gasteiger charge is 2.31. The molecule has 202 valence electrons. The van der Waals surface area contributed by atoms with E-state index in [1.807, 2.05) is 36.4 Å². The molecule has 0 N–H and O–H groups in total. The molecule has 9 heteroatoms. The summed E-state index contributed by atoms with van der Waals surface area (Å²) in [7, 11) is -3.77. The number of fused-ring (bicyclic) bond motifs is 1. The number of ether oxygens (including phenoxy) is 1. The smallest absolute Gasteiger partial charge is 0.406 e. The zero-order valence-electron chi connectivity index (χ0n) is 21.7. The van der Waals surface area contributed by atoms with E-state index in [1.165, 1.54) is 28.6 Å². The van der Waals surface area contributed by atoms with Gasteiger partial charge in [-0.2, -0.15) is 0 Å². The Balaban J connectivity index is 1.90. The molecule has 0 amide bonds. The molecule has 3 aromatic carbocycles. The van der Waals surface area contributed by atoms with Crippen LogP contribution in [-0.2, 0) is 16.6 Å². The molecule has 0 atom stereocenters. The van der Waals surface area contributed by atoms with Gasteiger partial charge in [0.25, 0.3) is 0 Å². The second-order valence-electron chi connectivity index (χ2n) is 10.1. The summed E-state index contributed by atoms with van der Waals surface area (Å²) in [6, 6.07) is 18.4. The van der Waals surface area contributed by atoms with Gasteiger partial charge in [0.2, 0.25) is 10.0 Å². The first-order valence-electron chi connectivity index (χ1n) is 12.4. The third-order valence-electron chi connectivity index (χ3n) is 5.75. The fourth-order valence-electron chi connectivity index (χ4n) is 4.29. The molecule has 0 saturated heterocycles. The highest BCUT2D eigenvalue weighted by molar-refractivity contribution is 7.92. The number of sulfonamides is 1. The normalized spacial score (nSPS) is 12.6. The molecule has 37 heavy (non-hydrogen) atoms. The Morgan fingerprint density at radius 1 is 0.838 bits per heavy atom. The van der Waals surface area contributed by atoms with Crippen LogP contribution in [-0.4, -0.2) is 45.1 Å². The number of halogens is 3. The van der Waals surface area contributed by atoms with Gasteiger partial charge in [0.1, 0.15) is 5.75 Å². The lowest BCUT2D eigenvalue weighted by atomic mass is 10.1. The Kier molecular flexibility index (Phi) is 9.47. The maximum absolute atomic E-state index is 13.7. The first-order valence-corrected chi connectivity index (χ1v) is 14.0. The molecule has 0 aromatic heterocycles. The van der Waals surface area contributed by atoms with Gasteiger partial charge >= 0.3 is 6.36 Å². The van der Waals surface area contributed by atoms with E-state index in [0.29, 0.717) is 29.6 Å². The minimum Gasteiger partial charge on any atom is -0.406 e. The van der Waals surface area contributed by atoms with E-state index in [1.54, 1.807) is 6.07 Å². The topological polar surface area (TPSA) is 49.9 Å². The van der Waals surface area contributed by atoms with Crippen molar-refractivity contribution in [2.45, 2.75) is 40.6 Å². The van der Waals surface area contributed by atoms with Gasteiger partial charge in [-0.3, -0.25) is 4.31 Å². The molecule has 0 heterocycles. The number of hydrogen-bond donors (Lipinski definition) is 0. The van der Waals surface area contributed by atoms with Crippen LogP contribution in [0.25, 0.3) is 10.8 Å². The molecule has 0 aliphatic heterocycles. The summed E-state index contributed by atoms with van der Waals surface area (Å²) in [4.78, 5) is 2.18. The van der Waals surface area contributed by atoms with Crippen molar-refractivity contribution in [2.24, 2.45) is 11.8 Å². The van der Waals surface area contributed by atoms with Gasteiger partial charge < -0.3 is 9.64 Å². The van der Waals surface area contributed by atoms with E-state index in [0.717, 1.165) is 23.9 Å². The van der Waals surface area contributed by atoms with Gasteiger partial charge in [0, 0.05) is 19.6 Å². The van der Waals surface area contributed by atoms with Crippen molar-refractivity contribution >= 4 is 26.5 Å². The molecule has 0 unspecified atom stereocenters. The third kappa shape index (κ3) is 8.93. The minimum absolute atomic E-state index is 0.0126.